The van der Waals surface area contributed by atoms with Gasteiger partial charge in [0.05, 0.1) is 18.2 Å². The second-order valence-electron chi connectivity index (χ2n) is 6.14. The fourth-order valence-corrected chi connectivity index (χ4v) is 3.08. The van der Waals surface area contributed by atoms with Gasteiger partial charge in [0.15, 0.2) is 5.82 Å². The van der Waals surface area contributed by atoms with Crippen LogP contribution in [0.5, 0.6) is 5.75 Å². The molecular formula is C18H16N4O2. The van der Waals surface area contributed by atoms with Gasteiger partial charge in [-0.05, 0) is 42.3 Å². The summed E-state index contributed by atoms with van der Waals surface area (Å²) in [5.74, 6) is 2.21. The van der Waals surface area contributed by atoms with E-state index in [-0.39, 0.29) is 6.04 Å². The fourth-order valence-electron chi connectivity index (χ4n) is 3.08. The van der Waals surface area contributed by atoms with Crippen molar-refractivity contribution in [3.05, 3.63) is 48.0 Å². The molecule has 6 nitrogen and oxygen atoms in total. The van der Waals surface area contributed by atoms with Crippen molar-refractivity contribution in [3.8, 4) is 28.3 Å². The highest BCUT2D eigenvalue weighted by Crippen LogP contribution is 2.32. The van der Waals surface area contributed by atoms with Crippen molar-refractivity contribution in [1.82, 2.24) is 20.4 Å². The molecule has 4 heterocycles. The van der Waals surface area contributed by atoms with E-state index in [2.05, 4.69) is 32.6 Å². The molecule has 2 aliphatic heterocycles. The van der Waals surface area contributed by atoms with E-state index in [9.17, 15) is 0 Å². The third kappa shape index (κ3) is 2.27. The number of hydrogen-bond donors (Lipinski definition) is 1. The summed E-state index contributed by atoms with van der Waals surface area (Å²) < 4.78 is 11.0. The first-order valence-corrected chi connectivity index (χ1v) is 8.15. The van der Waals surface area contributed by atoms with Crippen LogP contribution in [0.4, 0.5) is 0 Å². The summed E-state index contributed by atoms with van der Waals surface area (Å²) in [5.41, 5.74) is 4.23. The Balaban J connectivity index is 1.48. The number of ether oxygens (including phenoxy) is 1. The van der Waals surface area contributed by atoms with E-state index in [1.54, 1.807) is 6.20 Å². The molecule has 6 heteroatoms. The topological polar surface area (TPSA) is 73.1 Å². The van der Waals surface area contributed by atoms with Crippen LogP contribution < -0.4 is 10.1 Å². The Kier molecular flexibility index (Phi) is 3.09. The normalized spacial score (nSPS) is 18.8. The van der Waals surface area contributed by atoms with Crippen molar-refractivity contribution in [3.63, 3.8) is 0 Å². The zero-order chi connectivity index (χ0) is 15.9. The Labute approximate surface area is 138 Å². The Hall–Kier alpha value is -2.73. The smallest absolute Gasteiger partial charge is 0.259 e. The van der Waals surface area contributed by atoms with Crippen molar-refractivity contribution in [1.29, 1.82) is 0 Å². The van der Waals surface area contributed by atoms with Gasteiger partial charge < -0.3 is 14.6 Å². The molecule has 0 amide bonds. The molecule has 2 aliphatic rings. The third-order valence-corrected chi connectivity index (χ3v) is 4.59. The van der Waals surface area contributed by atoms with Gasteiger partial charge in [0, 0.05) is 24.4 Å². The monoisotopic (exact) mass is 320 g/mol. The molecule has 5 rings (SSSR count). The number of pyridine rings is 1. The number of benzene rings is 1. The lowest BCUT2D eigenvalue weighted by Gasteiger charge is -2.23. The molecule has 1 unspecified atom stereocenters. The van der Waals surface area contributed by atoms with Crippen molar-refractivity contribution < 1.29 is 9.26 Å². The quantitative estimate of drug-likeness (QED) is 0.800. The molecule has 0 spiro atoms. The lowest BCUT2D eigenvalue weighted by molar-refractivity contribution is 0.342. The van der Waals surface area contributed by atoms with Crippen LogP contribution in [0.15, 0.2) is 41.2 Å². The SMILES string of the molecule is c1cc2c(cc1-c1cncc(-c3nc(C4CCN4)no3)c1)CCO2. The van der Waals surface area contributed by atoms with Crippen molar-refractivity contribution in [2.75, 3.05) is 13.2 Å². The number of nitrogens with one attached hydrogen (secondary N) is 1. The molecule has 1 atom stereocenters. The summed E-state index contributed by atoms with van der Waals surface area (Å²) in [6, 6.07) is 8.51. The van der Waals surface area contributed by atoms with Crippen LogP contribution in [-0.2, 0) is 6.42 Å². The predicted octanol–water partition coefficient (Wildman–Crippen LogP) is 2.77. The summed E-state index contributed by atoms with van der Waals surface area (Å²) >= 11 is 0. The minimum atomic E-state index is 0.218. The van der Waals surface area contributed by atoms with Crippen molar-refractivity contribution in [2.45, 2.75) is 18.9 Å². The summed E-state index contributed by atoms with van der Waals surface area (Å²) in [5, 5.41) is 7.35. The van der Waals surface area contributed by atoms with Gasteiger partial charge in [-0.1, -0.05) is 11.2 Å². The Morgan fingerprint density at radius 2 is 2.00 bits per heavy atom. The summed E-state index contributed by atoms with van der Waals surface area (Å²) in [6.45, 7) is 1.77. The Morgan fingerprint density at radius 1 is 1.08 bits per heavy atom. The van der Waals surface area contributed by atoms with Crippen LogP contribution in [-0.4, -0.2) is 28.3 Å². The fraction of sp³-hybridized carbons (Fsp3) is 0.278. The molecular weight excluding hydrogens is 304 g/mol. The van der Waals surface area contributed by atoms with Gasteiger partial charge in [0.2, 0.25) is 0 Å². The van der Waals surface area contributed by atoms with Gasteiger partial charge in [0.1, 0.15) is 5.75 Å². The maximum Gasteiger partial charge on any atom is 0.259 e. The molecule has 1 saturated heterocycles. The highest BCUT2D eigenvalue weighted by Gasteiger charge is 2.24. The maximum atomic E-state index is 5.57. The maximum absolute atomic E-state index is 5.57. The molecule has 0 radical (unpaired) electrons. The van der Waals surface area contributed by atoms with E-state index in [0.717, 1.165) is 54.3 Å². The van der Waals surface area contributed by atoms with E-state index in [0.29, 0.717) is 5.89 Å². The van der Waals surface area contributed by atoms with Gasteiger partial charge in [-0.25, -0.2) is 0 Å². The van der Waals surface area contributed by atoms with Crippen LogP contribution >= 0.6 is 0 Å². The van der Waals surface area contributed by atoms with Gasteiger partial charge in [-0.2, -0.15) is 4.98 Å². The third-order valence-electron chi connectivity index (χ3n) is 4.59. The molecule has 2 aromatic heterocycles. The number of hydrogen-bond acceptors (Lipinski definition) is 6. The largest absolute Gasteiger partial charge is 0.493 e. The van der Waals surface area contributed by atoms with Crippen LogP contribution in [0.2, 0.25) is 0 Å². The Morgan fingerprint density at radius 3 is 2.88 bits per heavy atom. The molecule has 120 valence electrons. The minimum absolute atomic E-state index is 0.218. The first kappa shape index (κ1) is 13.7. The van der Waals surface area contributed by atoms with E-state index < -0.39 is 0 Å². The molecule has 1 aromatic carbocycles. The van der Waals surface area contributed by atoms with Gasteiger partial charge in [-0.15, -0.1) is 0 Å². The van der Waals surface area contributed by atoms with E-state index in [4.69, 9.17) is 9.26 Å². The van der Waals surface area contributed by atoms with Crippen LogP contribution in [0.3, 0.4) is 0 Å². The second-order valence-corrected chi connectivity index (χ2v) is 6.14. The molecule has 1 N–H and O–H groups in total. The molecule has 1 fully saturated rings. The zero-order valence-corrected chi connectivity index (χ0v) is 13.0. The minimum Gasteiger partial charge on any atom is -0.493 e. The number of rotatable bonds is 3. The number of aromatic nitrogens is 3. The van der Waals surface area contributed by atoms with E-state index in [1.165, 1.54) is 5.56 Å². The predicted molar refractivity (Wildman–Crippen MR) is 87.5 cm³/mol. The van der Waals surface area contributed by atoms with Crippen molar-refractivity contribution >= 4 is 0 Å². The molecule has 0 bridgehead atoms. The first-order chi connectivity index (χ1) is 11.9. The van der Waals surface area contributed by atoms with Crippen LogP contribution in [0.1, 0.15) is 23.9 Å². The van der Waals surface area contributed by atoms with Crippen LogP contribution in [0, 0.1) is 0 Å². The number of fused-ring (bicyclic) bond motifs is 1. The second kappa shape index (κ2) is 5.42. The summed E-state index contributed by atoms with van der Waals surface area (Å²) in [6.07, 6.45) is 5.61. The molecule has 0 aliphatic carbocycles. The zero-order valence-electron chi connectivity index (χ0n) is 13.0. The highest BCUT2D eigenvalue weighted by atomic mass is 16.5. The summed E-state index contributed by atoms with van der Waals surface area (Å²) in [4.78, 5) is 8.84. The average molecular weight is 320 g/mol. The number of nitrogens with zero attached hydrogens (tertiary/aromatic N) is 3. The lowest BCUT2D eigenvalue weighted by atomic mass is 10.0. The Bertz CT molecular complexity index is 902. The van der Waals surface area contributed by atoms with Gasteiger partial charge in [-0.3, -0.25) is 4.98 Å². The molecule has 3 aromatic rings. The van der Waals surface area contributed by atoms with Crippen LogP contribution in [0.25, 0.3) is 22.6 Å². The molecule has 24 heavy (non-hydrogen) atoms. The highest BCUT2D eigenvalue weighted by molar-refractivity contribution is 5.70. The standard InChI is InChI=1S/C18H16N4O2/c1-2-16-12(4-6-23-16)7-11(1)13-8-14(10-19-9-13)18-21-17(22-24-18)15-3-5-20-15/h1-2,7-10,15,20H,3-6H2. The van der Waals surface area contributed by atoms with E-state index >= 15 is 0 Å². The van der Waals surface area contributed by atoms with Gasteiger partial charge in [0.25, 0.3) is 5.89 Å². The van der Waals surface area contributed by atoms with E-state index in [1.807, 2.05) is 18.3 Å². The summed E-state index contributed by atoms with van der Waals surface area (Å²) in [7, 11) is 0. The average Bonchev–Trinajstić information content (AvgIpc) is 3.22. The lowest BCUT2D eigenvalue weighted by Crippen LogP contribution is -2.35. The molecule has 0 saturated carbocycles. The van der Waals surface area contributed by atoms with Crippen molar-refractivity contribution in [2.24, 2.45) is 0 Å². The first-order valence-electron chi connectivity index (χ1n) is 8.15. The van der Waals surface area contributed by atoms with Gasteiger partial charge >= 0.3 is 0 Å².